The second-order valence-electron chi connectivity index (χ2n) is 4.98. The monoisotopic (exact) mass is 298 g/mol. The number of benzene rings is 1. The van der Waals surface area contributed by atoms with Gasteiger partial charge in [0.2, 0.25) is 0 Å². The number of carbonyl (C=O) groups is 1. The Bertz CT molecular complexity index is 405. The number of carbonyl (C=O) groups excluding carboxylic acids is 1. The molecule has 0 saturated heterocycles. The first kappa shape index (κ1) is 14.2. The summed E-state index contributed by atoms with van der Waals surface area (Å²) in [6.45, 7) is 7.68. The third kappa shape index (κ3) is 4.15. The van der Waals surface area contributed by atoms with Gasteiger partial charge in [-0.25, -0.2) is 4.79 Å². The number of hydrogen-bond acceptors (Lipinski definition) is 2. The van der Waals surface area contributed by atoms with E-state index >= 15 is 0 Å². The van der Waals surface area contributed by atoms with Crippen LogP contribution in [-0.4, -0.2) is 11.6 Å². The van der Waals surface area contributed by atoms with Gasteiger partial charge >= 0.3 is 5.97 Å². The highest BCUT2D eigenvalue weighted by molar-refractivity contribution is 9.08. The first-order valence-electron chi connectivity index (χ1n) is 5.78. The van der Waals surface area contributed by atoms with Gasteiger partial charge in [-0.15, -0.1) is 0 Å². The molecule has 0 amide bonds. The van der Waals surface area contributed by atoms with Crippen molar-refractivity contribution in [3.8, 4) is 0 Å². The van der Waals surface area contributed by atoms with Gasteiger partial charge in [0, 0.05) is 5.33 Å². The number of esters is 1. The minimum Gasteiger partial charge on any atom is -0.456 e. The van der Waals surface area contributed by atoms with Crippen LogP contribution in [0.2, 0.25) is 0 Å². The van der Waals surface area contributed by atoms with Gasteiger partial charge in [0.15, 0.2) is 0 Å². The summed E-state index contributed by atoms with van der Waals surface area (Å²) in [6, 6.07) is 5.85. The number of halogens is 1. The van der Waals surface area contributed by atoms with E-state index in [1.54, 1.807) is 0 Å². The molecule has 0 fully saturated rings. The van der Waals surface area contributed by atoms with Gasteiger partial charge in [-0.2, -0.15) is 0 Å². The van der Waals surface area contributed by atoms with Crippen molar-refractivity contribution < 1.29 is 9.53 Å². The Hall–Kier alpha value is -0.830. The van der Waals surface area contributed by atoms with Crippen molar-refractivity contribution in [1.29, 1.82) is 0 Å². The maximum Gasteiger partial charge on any atom is 0.338 e. The van der Waals surface area contributed by atoms with Crippen LogP contribution in [0.3, 0.4) is 0 Å². The zero-order valence-corrected chi connectivity index (χ0v) is 12.4. The van der Waals surface area contributed by atoms with Crippen LogP contribution in [0.4, 0.5) is 0 Å². The molecule has 0 atom stereocenters. The molecule has 2 nitrogen and oxygen atoms in total. The molecule has 0 heterocycles. The highest BCUT2D eigenvalue weighted by Crippen LogP contribution is 2.19. The molecule has 0 aliphatic heterocycles. The minimum absolute atomic E-state index is 0.240. The molecule has 0 aliphatic rings. The molecule has 1 aromatic rings. The normalized spacial score (nSPS) is 11.4. The van der Waals surface area contributed by atoms with E-state index in [1.807, 2.05) is 45.9 Å². The molecule has 0 saturated carbocycles. The third-order valence-corrected chi connectivity index (χ3v) is 2.97. The van der Waals surface area contributed by atoms with E-state index in [2.05, 4.69) is 15.9 Å². The standard InChI is InChI=1S/C14H19BrO2/c1-5-11-8-10(9-15)6-7-12(11)13(16)17-14(2,3)4/h6-8H,5,9H2,1-4H3. The Morgan fingerprint density at radius 2 is 2.00 bits per heavy atom. The fourth-order valence-electron chi connectivity index (χ4n) is 1.55. The first-order valence-corrected chi connectivity index (χ1v) is 6.90. The van der Waals surface area contributed by atoms with Gasteiger partial charge < -0.3 is 4.74 Å². The van der Waals surface area contributed by atoms with Crippen molar-refractivity contribution in [2.24, 2.45) is 0 Å². The Kier molecular flexibility index (Phi) is 4.75. The maximum absolute atomic E-state index is 12.0. The highest BCUT2D eigenvalue weighted by atomic mass is 79.9. The largest absolute Gasteiger partial charge is 0.456 e. The van der Waals surface area contributed by atoms with Gasteiger partial charge in [0.1, 0.15) is 5.60 Å². The smallest absolute Gasteiger partial charge is 0.338 e. The molecule has 1 rings (SSSR count). The summed E-state index contributed by atoms with van der Waals surface area (Å²) in [7, 11) is 0. The molecule has 0 aliphatic carbocycles. The molecular weight excluding hydrogens is 280 g/mol. The van der Waals surface area contributed by atoms with Crippen LogP contribution < -0.4 is 0 Å². The Morgan fingerprint density at radius 1 is 1.35 bits per heavy atom. The molecule has 1 aromatic carbocycles. The van der Waals surface area contributed by atoms with Crippen LogP contribution in [0.25, 0.3) is 0 Å². The molecule has 0 aromatic heterocycles. The van der Waals surface area contributed by atoms with Gasteiger partial charge in [0.05, 0.1) is 5.56 Å². The minimum atomic E-state index is -0.448. The number of aryl methyl sites for hydroxylation is 1. The second-order valence-corrected chi connectivity index (χ2v) is 5.54. The molecule has 94 valence electrons. The van der Waals surface area contributed by atoms with Crippen LogP contribution >= 0.6 is 15.9 Å². The van der Waals surface area contributed by atoms with E-state index in [9.17, 15) is 4.79 Å². The summed E-state index contributed by atoms with van der Waals surface area (Å²) in [5.41, 5.74) is 2.44. The zero-order chi connectivity index (χ0) is 13.1. The van der Waals surface area contributed by atoms with E-state index in [-0.39, 0.29) is 5.97 Å². The Balaban J connectivity index is 3.01. The lowest BCUT2D eigenvalue weighted by Gasteiger charge is -2.20. The van der Waals surface area contributed by atoms with Crippen LogP contribution in [-0.2, 0) is 16.5 Å². The van der Waals surface area contributed by atoms with Crippen LogP contribution in [0.1, 0.15) is 49.2 Å². The predicted octanol–water partition coefficient (Wildman–Crippen LogP) is 4.10. The summed E-state index contributed by atoms with van der Waals surface area (Å²) in [5.74, 6) is -0.240. The van der Waals surface area contributed by atoms with Crippen molar-refractivity contribution in [1.82, 2.24) is 0 Å². The summed E-state index contributed by atoms with van der Waals surface area (Å²) in [5, 5.41) is 0.800. The predicted molar refractivity (Wildman–Crippen MR) is 73.6 cm³/mol. The summed E-state index contributed by atoms with van der Waals surface area (Å²) in [4.78, 5) is 12.0. The van der Waals surface area contributed by atoms with Crippen molar-refractivity contribution in [3.05, 3.63) is 34.9 Å². The lowest BCUT2D eigenvalue weighted by atomic mass is 10.0. The SMILES string of the molecule is CCc1cc(CBr)ccc1C(=O)OC(C)(C)C. The average molecular weight is 299 g/mol. The second kappa shape index (κ2) is 5.67. The summed E-state index contributed by atoms with van der Waals surface area (Å²) < 4.78 is 5.39. The molecule has 0 unspecified atom stereocenters. The molecule has 3 heteroatoms. The molecule has 0 bridgehead atoms. The maximum atomic E-state index is 12.0. The number of rotatable bonds is 3. The van der Waals surface area contributed by atoms with E-state index in [1.165, 1.54) is 5.56 Å². The molecule has 0 radical (unpaired) electrons. The summed E-state index contributed by atoms with van der Waals surface area (Å²) >= 11 is 3.42. The van der Waals surface area contributed by atoms with E-state index in [0.717, 1.165) is 17.3 Å². The molecule has 0 N–H and O–H groups in total. The molecule has 0 spiro atoms. The average Bonchev–Trinajstić information content (AvgIpc) is 2.25. The Labute approximate surface area is 111 Å². The van der Waals surface area contributed by atoms with Crippen molar-refractivity contribution in [2.45, 2.75) is 45.0 Å². The van der Waals surface area contributed by atoms with E-state index in [4.69, 9.17) is 4.74 Å². The number of hydrogen-bond donors (Lipinski definition) is 0. The van der Waals surface area contributed by atoms with Crippen LogP contribution in [0.5, 0.6) is 0 Å². The lowest BCUT2D eigenvalue weighted by molar-refractivity contribution is 0.00684. The number of alkyl halides is 1. The molecule has 17 heavy (non-hydrogen) atoms. The highest BCUT2D eigenvalue weighted by Gasteiger charge is 2.19. The first-order chi connectivity index (χ1) is 7.87. The Morgan fingerprint density at radius 3 is 2.47 bits per heavy atom. The zero-order valence-electron chi connectivity index (χ0n) is 10.8. The lowest BCUT2D eigenvalue weighted by Crippen LogP contribution is -2.24. The van der Waals surface area contributed by atoms with Crippen molar-refractivity contribution >= 4 is 21.9 Å². The third-order valence-electron chi connectivity index (χ3n) is 2.32. The van der Waals surface area contributed by atoms with Gasteiger partial charge in [0.25, 0.3) is 0 Å². The van der Waals surface area contributed by atoms with Crippen LogP contribution in [0, 0.1) is 0 Å². The van der Waals surface area contributed by atoms with Crippen molar-refractivity contribution in [3.63, 3.8) is 0 Å². The van der Waals surface area contributed by atoms with Crippen molar-refractivity contribution in [2.75, 3.05) is 0 Å². The van der Waals surface area contributed by atoms with E-state index < -0.39 is 5.60 Å². The molecular formula is C14H19BrO2. The summed E-state index contributed by atoms with van der Waals surface area (Å²) in [6.07, 6.45) is 0.829. The van der Waals surface area contributed by atoms with Gasteiger partial charge in [-0.1, -0.05) is 35.0 Å². The van der Waals surface area contributed by atoms with Crippen LogP contribution in [0.15, 0.2) is 18.2 Å². The fraction of sp³-hybridized carbons (Fsp3) is 0.500. The number of ether oxygens (including phenoxy) is 1. The quantitative estimate of drug-likeness (QED) is 0.620. The van der Waals surface area contributed by atoms with Gasteiger partial charge in [-0.05, 0) is 44.4 Å². The van der Waals surface area contributed by atoms with Gasteiger partial charge in [-0.3, -0.25) is 0 Å². The fourth-order valence-corrected chi connectivity index (χ4v) is 1.90. The topological polar surface area (TPSA) is 26.3 Å². The van der Waals surface area contributed by atoms with E-state index in [0.29, 0.717) is 5.56 Å².